The van der Waals surface area contributed by atoms with Gasteiger partial charge in [-0.3, -0.25) is 0 Å². The summed E-state index contributed by atoms with van der Waals surface area (Å²) in [6.45, 7) is 7.38. The molecule has 36 heavy (non-hydrogen) atoms. The smallest absolute Gasteiger partial charge is 0.250 e. The summed E-state index contributed by atoms with van der Waals surface area (Å²) in [5, 5.41) is 41.3. The number of allylic oxidation sites excluding steroid dienone is 1. The summed E-state index contributed by atoms with van der Waals surface area (Å²) in [4.78, 5) is 1.85. The second-order valence-corrected chi connectivity index (χ2v) is 10.8. The van der Waals surface area contributed by atoms with Gasteiger partial charge in [0.25, 0.3) is 10.0 Å². The number of nitrogens with zero attached hydrogens (tertiary/aromatic N) is 2. The molecule has 1 heterocycles. The van der Waals surface area contributed by atoms with Gasteiger partial charge in [0.2, 0.25) is 0 Å². The number of nitrogens with one attached hydrogen (secondary N) is 1. The van der Waals surface area contributed by atoms with Crippen LogP contribution in [0.1, 0.15) is 39.2 Å². The molecule has 2 aromatic rings. The first-order valence-electron chi connectivity index (χ1n) is 12.2. The summed E-state index contributed by atoms with van der Waals surface area (Å²) in [5.74, 6) is 0. The van der Waals surface area contributed by atoms with Crippen molar-refractivity contribution in [3.8, 4) is 6.07 Å². The third kappa shape index (κ3) is 6.42. The van der Waals surface area contributed by atoms with Gasteiger partial charge in [0.05, 0.1) is 6.10 Å². The number of nitriles is 1. The van der Waals surface area contributed by atoms with Gasteiger partial charge in [-0.2, -0.15) is 5.26 Å². The van der Waals surface area contributed by atoms with Crippen LogP contribution >= 0.6 is 0 Å². The van der Waals surface area contributed by atoms with E-state index in [-0.39, 0.29) is 6.54 Å². The minimum absolute atomic E-state index is 0.372. The first-order chi connectivity index (χ1) is 17.1. The van der Waals surface area contributed by atoms with Crippen LogP contribution in [0.2, 0.25) is 0 Å². The highest BCUT2D eigenvalue weighted by Crippen LogP contribution is 2.25. The lowest BCUT2D eigenvalue weighted by Gasteiger charge is -2.39. The van der Waals surface area contributed by atoms with Crippen LogP contribution in [-0.2, 0) is 14.8 Å². The Morgan fingerprint density at radius 1 is 1.06 bits per heavy atom. The fourth-order valence-electron chi connectivity index (χ4n) is 4.34. The second kappa shape index (κ2) is 12.1. The molecule has 1 aliphatic heterocycles. The van der Waals surface area contributed by atoms with E-state index in [1.54, 1.807) is 12.1 Å². The van der Waals surface area contributed by atoms with Crippen molar-refractivity contribution in [1.29, 1.82) is 5.26 Å². The molecule has 9 nitrogen and oxygen atoms in total. The Kier molecular flexibility index (Phi) is 9.47. The summed E-state index contributed by atoms with van der Waals surface area (Å²) in [7, 11) is -4.22. The molecule has 1 aliphatic rings. The molecule has 1 saturated heterocycles. The van der Waals surface area contributed by atoms with Crippen LogP contribution in [-0.4, -0.2) is 73.9 Å². The summed E-state index contributed by atoms with van der Waals surface area (Å²) in [6, 6.07) is 13.4. The first kappa shape index (κ1) is 28.1. The molecular formula is C26H35N3O6S. The highest BCUT2D eigenvalue weighted by Gasteiger charge is 2.42. The lowest BCUT2D eigenvalue weighted by molar-refractivity contribution is -0.214. The van der Waals surface area contributed by atoms with E-state index < -0.39 is 45.4 Å². The topological polar surface area (TPSA) is 143 Å². The molecule has 196 valence electrons. The third-order valence-corrected chi connectivity index (χ3v) is 7.66. The van der Waals surface area contributed by atoms with E-state index in [2.05, 4.69) is 29.5 Å². The van der Waals surface area contributed by atoms with E-state index in [9.17, 15) is 29.0 Å². The van der Waals surface area contributed by atoms with E-state index >= 15 is 0 Å². The highest BCUT2D eigenvalue weighted by molar-refractivity contribution is 7.93. The van der Waals surface area contributed by atoms with Crippen LogP contribution in [0.3, 0.4) is 0 Å². The normalized spacial score (nSPS) is 25.0. The fraction of sp³-hybridized carbons (Fsp3) is 0.500. The maximum absolute atomic E-state index is 12.8. The number of aliphatic hydroxyl groups is 3. The standard InChI is InChI=1S/C26H35N3O6S/c1-4-10-29(11-5-2)21-9-8-19-12-18(6-7-20(19)14-21)13-22(15-27)36(33,34)28-16-23-25(31)26(32)24(30)17(3)35-23/h6-9,12-14,17,23-26,28,30-32H,4-5,10-11,16H2,1-3H3/b22-13+/t17?,23-,24+,25-,26-/m1/s1. The van der Waals surface area contributed by atoms with Crippen molar-refractivity contribution < 1.29 is 28.5 Å². The van der Waals surface area contributed by atoms with Gasteiger partial charge in [-0.05, 0) is 60.4 Å². The van der Waals surface area contributed by atoms with E-state index in [4.69, 9.17) is 4.74 Å². The molecule has 10 heteroatoms. The minimum atomic E-state index is -4.22. The van der Waals surface area contributed by atoms with Crippen LogP contribution in [0.4, 0.5) is 5.69 Å². The molecule has 0 spiro atoms. The minimum Gasteiger partial charge on any atom is -0.388 e. The molecule has 0 amide bonds. The van der Waals surface area contributed by atoms with Gasteiger partial charge in [0.1, 0.15) is 30.5 Å². The van der Waals surface area contributed by atoms with Crippen LogP contribution in [0.5, 0.6) is 0 Å². The van der Waals surface area contributed by atoms with Crippen molar-refractivity contribution in [1.82, 2.24) is 4.72 Å². The predicted molar refractivity (Wildman–Crippen MR) is 140 cm³/mol. The highest BCUT2D eigenvalue weighted by atomic mass is 32.2. The third-order valence-electron chi connectivity index (χ3n) is 6.32. The zero-order valence-electron chi connectivity index (χ0n) is 20.8. The lowest BCUT2D eigenvalue weighted by atomic mass is 9.96. The summed E-state index contributed by atoms with van der Waals surface area (Å²) in [6.07, 6.45) is -2.72. The van der Waals surface area contributed by atoms with E-state index in [0.717, 1.165) is 42.4 Å². The Bertz CT molecular complexity index is 1220. The van der Waals surface area contributed by atoms with Crippen molar-refractivity contribution in [3.63, 3.8) is 0 Å². The van der Waals surface area contributed by atoms with E-state index in [0.29, 0.717) is 5.56 Å². The summed E-state index contributed by atoms with van der Waals surface area (Å²) >= 11 is 0. The van der Waals surface area contributed by atoms with Crippen molar-refractivity contribution >= 4 is 32.6 Å². The van der Waals surface area contributed by atoms with Gasteiger partial charge in [-0.1, -0.05) is 32.0 Å². The number of ether oxygens (including phenoxy) is 1. The number of fused-ring (bicyclic) bond motifs is 1. The van der Waals surface area contributed by atoms with Gasteiger partial charge in [-0.15, -0.1) is 0 Å². The van der Waals surface area contributed by atoms with Gasteiger partial charge in [0, 0.05) is 25.3 Å². The Morgan fingerprint density at radius 3 is 2.33 bits per heavy atom. The number of sulfonamides is 1. The molecule has 0 aromatic heterocycles. The zero-order valence-corrected chi connectivity index (χ0v) is 21.6. The molecule has 5 atom stereocenters. The molecule has 1 fully saturated rings. The fourth-order valence-corrected chi connectivity index (χ4v) is 5.29. The van der Waals surface area contributed by atoms with Gasteiger partial charge < -0.3 is 25.0 Å². The van der Waals surface area contributed by atoms with E-state index in [1.807, 2.05) is 24.3 Å². The number of anilines is 1. The lowest BCUT2D eigenvalue weighted by Crippen LogP contribution is -2.59. The van der Waals surface area contributed by atoms with Crippen LogP contribution in [0.25, 0.3) is 16.8 Å². The average molecular weight is 518 g/mol. The Balaban J connectivity index is 1.78. The van der Waals surface area contributed by atoms with Gasteiger partial charge in [-0.25, -0.2) is 13.1 Å². The first-order valence-corrected chi connectivity index (χ1v) is 13.7. The summed E-state index contributed by atoms with van der Waals surface area (Å²) < 4.78 is 33.3. The number of hydrogen-bond donors (Lipinski definition) is 4. The zero-order chi connectivity index (χ0) is 26.5. The number of benzene rings is 2. The van der Waals surface area contributed by atoms with Crippen LogP contribution in [0.15, 0.2) is 41.3 Å². The maximum atomic E-state index is 12.8. The molecular weight excluding hydrogens is 482 g/mol. The molecule has 2 aromatic carbocycles. The van der Waals surface area contributed by atoms with Crippen molar-refractivity contribution in [2.45, 2.75) is 64.1 Å². The Morgan fingerprint density at radius 2 is 1.69 bits per heavy atom. The Hall–Kier alpha value is -2.52. The second-order valence-electron chi connectivity index (χ2n) is 9.10. The van der Waals surface area contributed by atoms with Gasteiger partial charge >= 0.3 is 0 Å². The largest absolute Gasteiger partial charge is 0.388 e. The molecule has 0 saturated carbocycles. The maximum Gasteiger partial charge on any atom is 0.250 e. The van der Waals surface area contributed by atoms with Gasteiger partial charge in [0.15, 0.2) is 4.91 Å². The van der Waals surface area contributed by atoms with Crippen molar-refractivity contribution in [2.75, 3.05) is 24.5 Å². The SMILES string of the molecule is CCCN(CCC)c1ccc2cc(/C=C(\C#N)S(=O)(=O)NC[C@H]3OC(C)[C@H](O)[C@@H](O)[C@@H]3O)ccc2c1. The average Bonchev–Trinajstić information content (AvgIpc) is 2.86. The predicted octanol–water partition coefficient (Wildman–Crippen LogP) is 2.12. The van der Waals surface area contributed by atoms with Crippen molar-refractivity contribution in [3.05, 3.63) is 46.9 Å². The molecule has 0 aliphatic carbocycles. The number of aliphatic hydroxyl groups excluding tert-OH is 3. The quantitative estimate of drug-likeness (QED) is 0.351. The van der Waals surface area contributed by atoms with Crippen molar-refractivity contribution in [2.24, 2.45) is 0 Å². The molecule has 1 unspecified atom stereocenters. The molecule has 0 bridgehead atoms. The summed E-state index contributed by atoms with van der Waals surface area (Å²) in [5.41, 5.74) is 1.69. The molecule has 3 rings (SSSR count). The monoisotopic (exact) mass is 517 g/mol. The van der Waals surface area contributed by atoms with Crippen LogP contribution < -0.4 is 9.62 Å². The van der Waals surface area contributed by atoms with Crippen LogP contribution in [0, 0.1) is 11.3 Å². The molecule has 4 N–H and O–H groups in total. The number of rotatable bonds is 10. The van der Waals surface area contributed by atoms with E-state index in [1.165, 1.54) is 13.0 Å². The number of hydrogen-bond acceptors (Lipinski definition) is 8. The Labute approximate surface area is 212 Å². The molecule has 0 radical (unpaired) electrons.